The van der Waals surface area contributed by atoms with E-state index in [0.717, 1.165) is 34.4 Å². The fourth-order valence-corrected chi connectivity index (χ4v) is 5.03. The lowest BCUT2D eigenvalue weighted by molar-refractivity contribution is -0.146. The number of nitrogens with zero attached hydrogens (tertiary/aromatic N) is 3. The molecule has 3 aromatic heterocycles. The van der Waals surface area contributed by atoms with Crippen LogP contribution in [-0.4, -0.2) is 20.5 Å². The molecule has 0 aromatic carbocycles. The Balaban J connectivity index is 1.50. The number of aryl methyl sites for hydroxylation is 4. The normalized spacial score (nSPS) is 14.1. The van der Waals surface area contributed by atoms with Crippen LogP contribution in [0.25, 0.3) is 10.2 Å². The van der Waals surface area contributed by atoms with Gasteiger partial charge in [-0.05, 0) is 57.2 Å². The van der Waals surface area contributed by atoms with Crippen molar-refractivity contribution < 1.29 is 9.53 Å². The van der Waals surface area contributed by atoms with Gasteiger partial charge in [-0.25, -0.2) is 9.97 Å². The standard InChI is InChI=1S/C20H24N4O2S/c1-12-8-9-13(2)24(12)10-17(25)26-11-16-22-19(21)18-14-6-4-3-5-7-15(14)27-20(18)23-16/h8-9H,3-7,10-11H2,1-2H3,(H2,21,22,23). The minimum absolute atomic E-state index is 0.0426. The third-order valence-corrected chi connectivity index (χ3v) is 6.39. The molecule has 3 aromatic rings. The number of anilines is 1. The van der Waals surface area contributed by atoms with Gasteiger partial charge in [0.05, 0.1) is 5.39 Å². The highest BCUT2D eigenvalue weighted by Crippen LogP contribution is 2.37. The van der Waals surface area contributed by atoms with Crippen LogP contribution in [0.15, 0.2) is 12.1 Å². The van der Waals surface area contributed by atoms with Gasteiger partial charge in [0.25, 0.3) is 0 Å². The molecule has 7 heteroatoms. The molecule has 142 valence electrons. The monoisotopic (exact) mass is 384 g/mol. The van der Waals surface area contributed by atoms with Gasteiger partial charge in [-0.2, -0.15) is 0 Å². The highest BCUT2D eigenvalue weighted by atomic mass is 32.1. The maximum absolute atomic E-state index is 12.2. The van der Waals surface area contributed by atoms with Gasteiger partial charge >= 0.3 is 5.97 Å². The molecule has 1 aliphatic rings. The Kier molecular flexibility index (Phi) is 4.86. The predicted molar refractivity (Wildman–Crippen MR) is 107 cm³/mol. The van der Waals surface area contributed by atoms with Gasteiger partial charge in [0.1, 0.15) is 17.2 Å². The van der Waals surface area contributed by atoms with E-state index in [1.807, 2.05) is 30.5 Å². The van der Waals surface area contributed by atoms with Crippen molar-refractivity contribution in [1.29, 1.82) is 0 Å². The number of thiophene rings is 1. The zero-order chi connectivity index (χ0) is 19.0. The number of carbonyl (C=O) groups excluding carboxylic acids is 1. The van der Waals surface area contributed by atoms with E-state index in [4.69, 9.17) is 10.5 Å². The Morgan fingerprint density at radius 3 is 2.70 bits per heavy atom. The van der Waals surface area contributed by atoms with Crippen molar-refractivity contribution in [2.75, 3.05) is 5.73 Å². The van der Waals surface area contributed by atoms with Crippen molar-refractivity contribution >= 4 is 33.3 Å². The van der Waals surface area contributed by atoms with Crippen molar-refractivity contribution in [2.45, 2.75) is 59.1 Å². The molecule has 0 fully saturated rings. The van der Waals surface area contributed by atoms with E-state index in [0.29, 0.717) is 11.6 Å². The first-order valence-corrected chi connectivity index (χ1v) is 10.2. The lowest BCUT2D eigenvalue weighted by Gasteiger charge is -2.09. The molecule has 0 amide bonds. The van der Waals surface area contributed by atoms with Gasteiger partial charge in [0.15, 0.2) is 12.4 Å². The number of esters is 1. The lowest BCUT2D eigenvalue weighted by Crippen LogP contribution is -2.16. The second-order valence-corrected chi connectivity index (χ2v) is 8.22. The number of carbonyl (C=O) groups is 1. The SMILES string of the molecule is Cc1ccc(C)n1CC(=O)OCc1nc(N)c2c3c(sc2n1)CCCCC3. The fraction of sp³-hybridized carbons (Fsp3) is 0.450. The number of ether oxygens (including phenoxy) is 1. The molecule has 4 rings (SSSR count). The highest BCUT2D eigenvalue weighted by molar-refractivity contribution is 7.19. The molecular weight excluding hydrogens is 360 g/mol. The van der Waals surface area contributed by atoms with Gasteiger partial charge < -0.3 is 15.0 Å². The topological polar surface area (TPSA) is 83.0 Å². The maximum atomic E-state index is 12.2. The Labute approximate surface area is 162 Å². The molecule has 1 aliphatic carbocycles. The number of rotatable bonds is 4. The summed E-state index contributed by atoms with van der Waals surface area (Å²) in [4.78, 5) is 23.5. The van der Waals surface area contributed by atoms with Crippen LogP contribution in [0.1, 0.15) is 46.9 Å². The average Bonchev–Trinajstić information content (AvgIpc) is 3.04. The Bertz CT molecular complexity index is 986. The minimum Gasteiger partial charge on any atom is -0.456 e. The molecule has 0 saturated heterocycles. The molecule has 27 heavy (non-hydrogen) atoms. The quantitative estimate of drug-likeness (QED) is 0.548. The molecule has 0 unspecified atom stereocenters. The van der Waals surface area contributed by atoms with E-state index < -0.39 is 0 Å². The first-order valence-electron chi connectivity index (χ1n) is 9.38. The van der Waals surface area contributed by atoms with Crippen LogP contribution >= 0.6 is 11.3 Å². The zero-order valence-electron chi connectivity index (χ0n) is 15.7. The Morgan fingerprint density at radius 1 is 1.19 bits per heavy atom. The molecule has 0 bridgehead atoms. The smallest absolute Gasteiger partial charge is 0.326 e. The summed E-state index contributed by atoms with van der Waals surface area (Å²) in [7, 11) is 0. The molecule has 0 spiro atoms. The van der Waals surface area contributed by atoms with E-state index in [-0.39, 0.29) is 19.1 Å². The largest absolute Gasteiger partial charge is 0.456 e. The summed E-state index contributed by atoms with van der Waals surface area (Å²) in [5.74, 6) is 0.662. The average molecular weight is 385 g/mol. The summed E-state index contributed by atoms with van der Waals surface area (Å²) in [6.07, 6.45) is 5.81. The van der Waals surface area contributed by atoms with Crippen LogP contribution in [0.5, 0.6) is 0 Å². The Morgan fingerprint density at radius 2 is 1.93 bits per heavy atom. The summed E-state index contributed by atoms with van der Waals surface area (Å²) in [5.41, 5.74) is 9.64. The lowest BCUT2D eigenvalue weighted by atomic mass is 10.1. The van der Waals surface area contributed by atoms with E-state index in [1.54, 1.807) is 11.3 Å². The third-order valence-electron chi connectivity index (χ3n) is 5.21. The molecule has 0 saturated carbocycles. The van der Waals surface area contributed by atoms with Gasteiger partial charge in [-0.3, -0.25) is 4.79 Å². The summed E-state index contributed by atoms with van der Waals surface area (Å²) in [6, 6.07) is 3.97. The van der Waals surface area contributed by atoms with E-state index >= 15 is 0 Å². The summed E-state index contributed by atoms with van der Waals surface area (Å²) in [6.45, 7) is 4.17. The Hall–Kier alpha value is -2.41. The van der Waals surface area contributed by atoms with Gasteiger partial charge in [0, 0.05) is 16.3 Å². The minimum atomic E-state index is -0.304. The summed E-state index contributed by atoms with van der Waals surface area (Å²) < 4.78 is 7.33. The number of hydrogen-bond acceptors (Lipinski definition) is 6. The van der Waals surface area contributed by atoms with E-state index in [1.165, 1.54) is 29.7 Å². The number of nitrogens with two attached hydrogens (primary N) is 1. The first-order chi connectivity index (χ1) is 13.0. The van der Waals surface area contributed by atoms with Crippen LogP contribution in [0.4, 0.5) is 5.82 Å². The van der Waals surface area contributed by atoms with Crippen molar-refractivity contribution in [3.05, 3.63) is 39.8 Å². The van der Waals surface area contributed by atoms with Gasteiger partial charge in [-0.1, -0.05) is 6.42 Å². The van der Waals surface area contributed by atoms with Gasteiger partial charge in [0.2, 0.25) is 0 Å². The number of fused-ring (bicyclic) bond motifs is 3. The number of hydrogen-bond donors (Lipinski definition) is 1. The second kappa shape index (κ2) is 7.31. The number of aromatic nitrogens is 3. The first kappa shape index (κ1) is 18.0. The van der Waals surface area contributed by atoms with Crippen LogP contribution in [-0.2, 0) is 35.5 Å². The van der Waals surface area contributed by atoms with E-state index in [2.05, 4.69) is 9.97 Å². The molecule has 0 radical (unpaired) electrons. The molecule has 3 heterocycles. The molecule has 6 nitrogen and oxygen atoms in total. The van der Waals surface area contributed by atoms with Crippen LogP contribution < -0.4 is 5.73 Å². The van der Waals surface area contributed by atoms with Crippen molar-refractivity contribution in [1.82, 2.24) is 14.5 Å². The number of nitrogen functional groups attached to an aromatic ring is 1. The van der Waals surface area contributed by atoms with Crippen LogP contribution in [0.3, 0.4) is 0 Å². The van der Waals surface area contributed by atoms with Crippen molar-refractivity contribution in [3.63, 3.8) is 0 Å². The summed E-state index contributed by atoms with van der Waals surface area (Å²) in [5, 5.41) is 1.01. The predicted octanol–water partition coefficient (Wildman–Crippen LogP) is 3.70. The maximum Gasteiger partial charge on any atom is 0.326 e. The van der Waals surface area contributed by atoms with Crippen molar-refractivity contribution in [3.8, 4) is 0 Å². The van der Waals surface area contributed by atoms with Crippen LogP contribution in [0, 0.1) is 13.8 Å². The van der Waals surface area contributed by atoms with Crippen LogP contribution in [0.2, 0.25) is 0 Å². The third kappa shape index (κ3) is 3.56. The molecule has 0 aliphatic heterocycles. The second-order valence-electron chi connectivity index (χ2n) is 7.13. The van der Waals surface area contributed by atoms with E-state index in [9.17, 15) is 4.79 Å². The highest BCUT2D eigenvalue weighted by Gasteiger charge is 2.19. The summed E-state index contributed by atoms with van der Waals surface area (Å²) >= 11 is 1.71. The van der Waals surface area contributed by atoms with Gasteiger partial charge in [-0.15, -0.1) is 11.3 Å². The fourth-order valence-electron chi connectivity index (χ4n) is 3.74. The zero-order valence-corrected chi connectivity index (χ0v) is 16.6. The molecular formula is C20H24N4O2S. The molecule has 0 atom stereocenters. The molecule has 2 N–H and O–H groups in total. The van der Waals surface area contributed by atoms with Crippen molar-refractivity contribution in [2.24, 2.45) is 0 Å².